The van der Waals surface area contributed by atoms with E-state index in [-0.39, 0.29) is 53.2 Å². The van der Waals surface area contributed by atoms with Crippen LogP contribution in [0.2, 0.25) is 0 Å². The number of carbonyl (C=O) groups excluding carboxylic acids is 5. The highest BCUT2D eigenvalue weighted by Crippen LogP contribution is 2.42. The molecule has 2 saturated heterocycles. The van der Waals surface area contributed by atoms with Gasteiger partial charge in [0.15, 0.2) is 6.29 Å². The first-order valence-corrected chi connectivity index (χ1v) is 26.0. The van der Waals surface area contributed by atoms with E-state index < -0.39 is 12.1 Å². The molecule has 3 amide bonds. The number of fused-ring (bicyclic) bond motifs is 1. The smallest absolute Gasteiger partial charge is 0.293 e. The maximum absolute atomic E-state index is 14.2. The fourth-order valence-electron chi connectivity index (χ4n) is 9.70. The quantitative estimate of drug-likeness (QED) is 0.0624. The third kappa shape index (κ3) is 14.4. The van der Waals surface area contributed by atoms with Crippen molar-refractivity contribution in [3.05, 3.63) is 58.2 Å². The predicted molar refractivity (Wildman–Crippen MR) is 285 cm³/mol. The fourth-order valence-corrected chi connectivity index (χ4v) is 10.6. The summed E-state index contributed by atoms with van der Waals surface area (Å²) < 4.78 is 13.4. The Kier molecular flexibility index (Phi) is 20.3. The van der Waals surface area contributed by atoms with Crippen molar-refractivity contribution in [3.8, 4) is 34.4 Å². The van der Waals surface area contributed by atoms with Crippen molar-refractivity contribution in [1.29, 1.82) is 0 Å². The van der Waals surface area contributed by atoms with E-state index in [0.29, 0.717) is 50.4 Å². The molecule has 16 nitrogen and oxygen atoms in total. The maximum Gasteiger partial charge on any atom is 0.293 e. The van der Waals surface area contributed by atoms with Gasteiger partial charge in [-0.05, 0) is 122 Å². The van der Waals surface area contributed by atoms with Crippen molar-refractivity contribution < 1.29 is 33.4 Å². The standard InChI is InChI=1S/C47H66N8O6S.C8H13NO/c1-10-54-39-16-15-33(22-35(39)36(24-46(5,6)28-61-30-57)43(54)34-14-13-18-48-41(34)32(4)60-9)38-25-62-40(50-38)23-37(45(59)55-20-12-11-19-49-55)51-44(58)42(31(2)3)53(29-56)21-17-47(7)26-52(8)27-47;1-8(2,9(3)4)6-5-7-10/h13-16,18,22,25,29-32,37,42,49H,10-12,17,19-21,23-24,26-28H2,1-9H3,(H,51,58);7H,1-4H3. The first-order chi connectivity index (χ1) is 34.1. The van der Waals surface area contributed by atoms with Gasteiger partial charge in [-0.1, -0.05) is 46.6 Å². The van der Waals surface area contributed by atoms with Gasteiger partial charge < -0.3 is 29.2 Å². The molecule has 2 aliphatic heterocycles. The average Bonchev–Trinajstić information content (AvgIpc) is 3.94. The highest BCUT2D eigenvalue weighted by molar-refractivity contribution is 7.10. The lowest BCUT2D eigenvalue weighted by atomic mass is 9.79. The van der Waals surface area contributed by atoms with E-state index >= 15 is 0 Å². The lowest BCUT2D eigenvalue weighted by Crippen LogP contribution is -2.59. The van der Waals surface area contributed by atoms with Crippen LogP contribution in [0.1, 0.15) is 104 Å². The number of rotatable bonds is 22. The van der Waals surface area contributed by atoms with Crippen LogP contribution in [-0.4, -0.2) is 150 Å². The van der Waals surface area contributed by atoms with Crippen molar-refractivity contribution in [2.45, 2.75) is 125 Å². The zero-order valence-electron chi connectivity index (χ0n) is 45.0. The SMILES string of the molecule is CCn1c(-c2cccnc2C(C)OC)c(CC(C)(C)COC=O)c2cc(-c3csc(CC(NC(=O)C(C(C)C)N(C=O)CCC4(C)CN(C)C4)C(=O)N4CCCCN4)n3)ccc21.CN(C)C(C)(C)C#CC=O. The monoisotopic (exact) mass is 1010 g/mol. The van der Waals surface area contributed by atoms with E-state index in [2.05, 4.69) is 91.1 Å². The number of nitrogens with zero attached hydrogens (tertiary/aromatic N) is 7. The molecule has 4 aromatic rings. The Morgan fingerprint density at radius 3 is 2.42 bits per heavy atom. The number of thiazole rings is 1. The van der Waals surface area contributed by atoms with Gasteiger partial charge in [-0.25, -0.2) is 10.4 Å². The molecule has 0 spiro atoms. The minimum atomic E-state index is -0.895. The molecule has 5 heterocycles. The zero-order chi connectivity index (χ0) is 53.0. The summed E-state index contributed by atoms with van der Waals surface area (Å²) in [5.41, 5.74) is 9.43. The van der Waals surface area contributed by atoms with Crippen LogP contribution in [0.4, 0.5) is 0 Å². The molecule has 1 aromatic carbocycles. The van der Waals surface area contributed by atoms with Gasteiger partial charge in [0.25, 0.3) is 12.4 Å². The van der Waals surface area contributed by atoms with Crippen LogP contribution in [-0.2, 0) is 52.8 Å². The fraction of sp³-hybridized carbons (Fsp3) is 0.582. The Hall–Kier alpha value is -5.51. The Morgan fingerprint density at radius 1 is 1.08 bits per heavy atom. The summed E-state index contributed by atoms with van der Waals surface area (Å²) in [4.78, 5) is 77.8. The minimum Gasteiger partial charge on any atom is -0.467 e. The first-order valence-electron chi connectivity index (χ1n) is 25.1. The summed E-state index contributed by atoms with van der Waals surface area (Å²) in [7, 11) is 7.63. The van der Waals surface area contributed by atoms with Gasteiger partial charge in [-0.3, -0.25) is 38.9 Å². The van der Waals surface area contributed by atoms with Gasteiger partial charge in [-0.15, -0.1) is 11.3 Å². The number of nitrogens with one attached hydrogen (secondary N) is 2. The first kappa shape index (κ1) is 57.4. The topological polar surface area (TPSA) is 172 Å². The Morgan fingerprint density at radius 2 is 1.82 bits per heavy atom. The Labute approximate surface area is 431 Å². The number of ether oxygens (including phenoxy) is 2. The van der Waals surface area contributed by atoms with Gasteiger partial charge >= 0.3 is 0 Å². The van der Waals surface area contributed by atoms with Crippen LogP contribution >= 0.6 is 11.3 Å². The summed E-state index contributed by atoms with van der Waals surface area (Å²) in [6, 6.07) is 8.80. The molecule has 2 fully saturated rings. The summed E-state index contributed by atoms with van der Waals surface area (Å²) >= 11 is 1.45. The van der Waals surface area contributed by atoms with E-state index in [1.807, 2.05) is 65.1 Å². The minimum absolute atomic E-state index is 0.0949. The number of aldehydes is 1. The molecule has 6 rings (SSSR count). The van der Waals surface area contributed by atoms with E-state index in [1.165, 1.54) is 11.3 Å². The molecular formula is C55H79N9O7S. The van der Waals surface area contributed by atoms with E-state index in [4.69, 9.17) is 19.4 Å². The molecule has 392 valence electrons. The molecule has 72 heavy (non-hydrogen) atoms. The van der Waals surface area contributed by atoms with Gasteiger partial charge in [-0.2, -0.15) is 0 Å². The number of carbonyl (C=O) groups is 5. The number of likely N-dealkylation sites (tertiary alicyclic amines) is 1. The van der Waals surface area contributed by atoms with E-state index in [9.17, 15) is 24.0 Å². The molecule has 0 bridgehead atoms. The molecule has 17 heteroatoms. The van der Waals surface area contributed by atoms with Crippen LogP contribution in [0, 0.1) is 28.6 Å². The lowest BCUT2D eigenvalue weighted by molar-refractivity contribution is -0.142. The molecule has 0 saturated carbocycles. The molecular weight excluding hydrogens is 931 g/mol. The number of aromatic nitrogens is 3. The van der Waals surface area contributed by atoms with Crippen molar-refractivity contribution in [2.24, 2.45) is 16.7 Å². The van der Waals surface area contributed by atoms with Gasteiger partial charge in [0, 0.05) is 91.8 Å². The number of hydrogen-bond acceptors (Lipinski definition) is 13. The van der Waals surface area contributed by atoms with Gasteiger partial charge in [0.2, 0.25) is 12.3 Å². The van der Waals surface area contributed by atoms with Crippen LogP contribution in [0.3, 0.4) is 0 Å². The van der Waals surface area contributed by atoms with Gasteiger partial charge in [0.1, 0.15) is 12.1 Å². The lowest BCUT2D eigenvalue weighted by Gasteiger charge is -2.47. The number of benzene rings is 1. The highest BCUT2D eigenvalue weighted by Gasteiger charge is 2.39. The normalized spacial score (nSPS) is 16.1. The number of amides is 3. The third-order valence-electron chi connectivity index (χ3n) is 14.0. The zero-order valence-corrected chi connectivity index (χ0v) is 45.8. The molecule has 3 aromatic heterocycles. The molecule has 3 atom stereocenters. The highest BCUT2D eigenvalue weighted by atomic mass is 32.1. The summed E-state index contributed by atoms with van der Waals surface area (Å²) in [6.07, 6.45) is 6.37. The van der Waals surface area contributed by atoms with Crippen molar-refractivity contribution >= 4 is 53.2 Å². The number of hydrogen-bond donors (Lipinski definition) is 2. The van der Waals surface area contributed by atoms with Gasteiger partial charge in [0.05, 0.1) is 40.3 Å². The summed E-state index contributed by atoms with van der Waals surface area (Å²) in [5, 5.41) is 8.48. The molecule has 2 N–H and O–H groups in total. The second kappa shape index (κ2) is 25.4. The van der Waals surface area contributed by atoms with Crippen molar-refractivity contribution in [3.63, 3.8) is 0 Å². The number of hydrazine groups is 1. The molecule has 2 aliphatic rings. The van der Waals surface area contributed by atoms with E-state index in [1.54, 1.807) is 23.2 Å². The van der Waals surface area contributed by atoms with Crippen LogP contribution < -0.4 is 10.7 Å². The van der Waals surface area contributed by atoms with Crippen LogP contribution in [0.5, 0.6) is 0 Å². The number of aryl methyl sites for hydroxylation is 1. The molecule has 3 unspecified atom stereocenters. The second-order valence-corrected chi connectivity index (χ2v) is 22.4. The second-order valence-electron chi connectivity index (χ2n) is 21.5. The Bertz CT molecular complexity index is 2550. The Balaban J connectivity index is 0.000000867. The van der Waals surface area contributed by atoms with Crippen LogP contribution in [0.15, 0.2) is 41.9 Å². The summed E-state index contributed by atoms with van der Waals surface area (Å²) in [6.45, 7) is 23.4. The summed E-state index contributed by atoms with van der Waals surface area (Å²) in [5.74, 6) is 4.47. The van der Waals surface area contributed by atoms with E-state index in [0.717, 1.165) is 83.4 Å². The molecule has 0 radical (unpaired) electrons. The average molecular weight is 1010 g/mol. The van der Waals surface area contributed by atoms with Crippen LogP contribution in [0.25, 0.3) is 33.4 Å². The van der Waals surface area contributed by atoms with Crippen molar-refractivity contribution in [1.82, 2.24) is 45.0 Å². The number of pyridine rings is 1. The third-order valence-corrected chi connectivity index (χ3v) is 14.8. The largest absolute Gasteiger partial charge is 0.467 e. The maximum atomic E-state index is 14.2. The molecule has 0 aliphatic carbocycles. The predicted octanol–water partition coefficient (Wildman–Crippen LogP) is 6.80. The van der Waals surface area contributed by atoms with Crippen molar-refractivity contribution in [2.75, 3.05) is 67.6 Å². The number of methoxy groups -OCH3 is 1.